The zero-order valence-corrected chi connectivity index (χ0v) is 15.8. The maximum atomic E-state index is 6.03. The van der Waals surface area contributed by atoms with Crippen LogP contribution in [-0.2, 0) is 26.3 Å². The highest BCUT2D eigenvalue weighted by Crippen LogP contribution is 2.27. The Kier molecular flexibility index (Phi) is 6.44. The zero-order chi connectivity index (χ0) is 15.4. The van der Waals surface area contributed by atoms with E-state index in [0.717, 1.165) is 18.5 Å². The lowest BCUT2D eigenvalue weighted by atomic mass is 9.90. The van der Waals surface area contributed by atoms with Crippen molar-refractivity contribution in [1.29, 1.82) is 0 Å². The smallest absolute Gasteiger partial charge is 0.193 e. The van der Waals surface area contributed by atoms with Crippen LogP contribution in [0.2, 0.25) is 0 Å². The number of halogens is 1. The van der Waals surface area contributed by atoms with Gasteiger partial charge < -0.3 is 11.1 Å². The highest BCUT2D eigenvalue weighted by atomic mass is 127. The predicted octanol–water partition coefficient (Wildman–Crippen LogP) is 2.89. The number of hydrogen-bond donors (Lipinski definition) is 2. The van der Waals surface area contributed by atoms with Crippen molar-refractivity contribution < 1.29 is 0 Å². The molecule has 6 heteroatoms. The second kappa shape index (κ2) is 8.33. The molecular weight excluding hydrogens is 401 g/mol. The molecule has 0 radical (unpaired) electrons. The molecule has 3 rings (SSSR count). The van der Waals surface area contributed by atoms with Gasteiger partial charge in [0.25, 0.3) is 0 Å². The molecule has 0 saturated heterocycles. The first-order valence-electron chi connectivity index (χ1n) is 7.87. The summed E-state index contributed by atoms with van der Waals surface area (Å²) in [6.45, 7) is 0.666. The summed E-state index contributed by atoms with van der Waals surface area (Å²) in [5.41, 5.74) is 11.2. The average molecular weight is 425 g/mol. The summed E-state index contributed by atoms with van der Waals surface area (Å²) in [5.74, 6) is 0.489. The molecule has 0 spiro atoms. The lowest BCUT2D eigenvalue weighted by Crippen LogP contribution is -2.24. The molecule has 3 N–H and O–H groups in total. The van der Waals surface area contributed by atoms with E-state index in [1.165, 1.54) is 36.0 Å². The van der Waals surface area contributed by atoms with Gasteiger partial charge in [-0.15, -0.1) is 24.0 Å². The van der Waals surface area contributed by atoms with Crippen LogP contribution in [0.1, 0.15) is 29.5 Å². The standard InChI is InChI=1S/C17H23N5.HI/c1-22-12-13(11-20-22)9-10-19-17(18)21-16-8-4-6-14-5-2-3-7-15(14)16;/h4,6,8,11-12H,2-3,5,7,9-10H2,1H3,(H3,18,19,21);1H. The molecule has 1 aliphatic rings. The van der Waals surface area contributed by atoms with Gasteiger partial charge in [0, 0.05) is 25.5 Å². The van der Waals surface area contributed by atoms with Crippen molar-refractivity contribution in [3.8, 4) is 0 Å². The second-order valence-corrected chi connectivity index (χ2v) is 5.81. The number of aromatic nitrogens is 2. The van der Waals surface area contributed by atoms with Crippen LogP contribution in [0.3, 0.4) is 0 Å². The molecule has 1 aromatic carbocycles. The van der Waals surface area contributed by atoms with Crippen molar-refractivity contribution in [1.82, 2.24) is 9.78 Å². The minimum atomic E-state index is 0. The fraction of sp³-hybridized carbons (Fsp3) is 0.412. The lowest BCUT2D eigenvalue weighted by Gasteiger charge is -2.19. The first-order chi connectivity index (χ1) is 10.7. The van der Waals surface area contributed by atoms with Crippen molar-refractivity contribution in [2.75, 3.05) is 11.9 Å². The van der Waals surface area contributed by atoms with Gasteiger partial charge in [0.15, 0.2) is 5.96 Å². The van der Waals surface area contributed by atoms with Crippen molar-refractivity contribution in [2.24, 2.45) is 17.8 Å². The molecule has 124 valence electrons. The average Bonchev–Trinajstić information content (AvgIpc) is 2.93. The Hall–Kier alpha value is -1.57. The molecular formula is C17H24IN5. The Bertz CT molecular complexity index is 677. The third-order valence-corrected chi connectivity index (χ3v) is 4.10. The van der Waals surface area contributed by atoms with Crippen molar-refractivity contribution in [2.45, 2.75) is 32.1 Å². The zero-order valence-electron chi connectivity index (χ0n) is 13.5. The quantitative estimate of drug-likeness (QED) is 0.450. The van der Waals surface area contributed by atoms with E-state index in [1.54, 1.807) is 4.68 Å². The Morgan fingerprint density at radius 2 is 2.17 bits per heavy atom. The van der Waals surface area contributed by atoms with Gasteiger partial charge in [-0.1, -0.05) is 12.1 Å². The SMILES string of the molecule is Cn1cc(CCN=C(N)Nc2cccc3c2CCCC3)cn1.I. The lowest BCUT2D eigenvalue weighted by molar-refractivity contribution is 0.687. The third-order valence-electron chi connectivity index (χ3n) is 4.10. The van der Waals surface area contributed by atoms with E-state index in [9.17, 15) is 0 Å². The van der Waals surface area contributed by atoms with Crippen LogP contribution in [-0.4, -0.2) is 22.3 Å². The van der Waals surface area contributed by atoms with Gasteiger partial charge >= 0.3 is 0 Å². The molecule has 1 aromatic heterocycles. The molecule has 1 aliphatic carbocycles. The van der Waals surface area contributed by atoms with Crippen LogP contribution in [0, 0.1) is 0 Å². The van der Waals surface area contributed by atoms with Crippen LogP contribution in [0.15, 0.2) is 35.6 Å². The van der Waals surface area contributed by atoms with E-state index >= 15 is 0 Å². The maximum absolute atomic E-state index is 6.03. The van der Waals surface area contributed by atoms with Crippen LogP contribution < -0.4 is 11.1 Å². The maximum Gasteiger partial charge on any atom is 0.193 e. The monoisotopic (exact) mass is 425 g/mol. The minimum Gasteiger partial charge on any atom is -0.370 e. The summed E-state index contributed by atoms with van der Waals surface area (Å²) in [4.78, 5) is 4.42. The summed E-state index contributed by atoms with van der Waals surface area (Å²) in [6.07, 6.45) is 9.56. The molecule has 0 aliphatic heterocycles. The Labute approximate surface area is 154 Å². The van der Waals surface area contributed by atoms with E-state index in [-0.39, 0.29) is 24.0 Å². The number of benzene rings is 1. The van der Waals surface area contributed by atoms with Crippen LogP contribution >= 0.6 is 24.0 Å². The van der Waals surface area contributed by atoms with Crippen molar-refractivity contribution in [3.63, 3.8) is 0 Å². The molecule has 0 bridgehead atoms. The molecule has 2 aromatic rings. The van der Waals surface area contributed by atoms with E-state index < -0.39 is 0 Å². The van der Waals surface area contributed by atoms with Crippen molar-refractivity contribution >= 4 is 35.6 Å². The van der Waals surface area contributed by atoms with Gasteiger partial charge in [0.2, 0.25) is 0 Å². The number of aliphatic imine (C=N–C) groups is 1. The van der Waals surface area contributed by atoms with Gasteiger partial charge in [0.05, 0.1) is 6.20 Å². The van der Waals surface area contributed by atoms with E-state index in [4.69, 9.17) is 5.73 Å². The summed E-state index contributed by atoms with van der Waals surface area (Å²) < 4.78 is 1.80. The van der Waals surface area contributed by atoms with Crippen LogP contribution in [0.25, 0.3) is 0 Å². The molecule has 23 heavy (non-hydrogen) atoms. The molecule has 0 atom stereocenters. The summed E-state index contributed by atoms with van der Waals surface area (Å²) in [5, 5.41) is 7.42. The summed E-state index contributed by atoms with van der Waals surface area (Å²) >= 11 is 0. The Morgan fingerprint density at radius 1 is 1.35 bits per heavy atom. The van der Waals surface area contributed by atoms with E-state index in [0.29, 0.717) is 12.5 Å². The predicted molar refractivity (Wildman–Crippen MR) is 106 cm³/mol. The summed E-state index contributed by atoms with van der Waals surface area (Å²) in [6, 6.07) is 6.40. The number of nitrogens with two attached hydrogens (primary N) is 1. The largest absolute Gasteiger partial charge is 0.370 e. The normalized spacial score (nSPS) is 14.0. The second-order valence-electron chi connectivity index (χ2n) is 5.81. The number of nitrogens with zero attached hydrogens (tertiary/aromatic N) is 3. The first kappa shape index (κ1) is 17.8. The Balaban J connectivity index is 0.00000192. The number of aryl methyl sites for hydroxylation is 2. The number of nitrogens with one attached hydrogen (secondary N) is 1. The molecule has 0 saturated carbocycles. The summed E-state index contributed by atoms with van der Waals surface area (Å²) in [7, 11) is 1.92. The molecule has 0 amide bonds. The first-order valence-corrected chi connectivity index (χ1v) is 7.87. The fourth-order valence-electron chi connectivity index (χ4n) is 2.98. The number of fused-ring (bicyclic) bond motifs is 1. The Morgan fingerprint density at radius 3 is 2.96 bits per heavy atom. The van der Waals surface area contributed by atoms with E-state index in [1.807, 2.05) is 19.4 Å². The fourth-order valence-corrected chi connectivity index (χ4v) is 2.98. The molecule has 0 fully saturated rings. The minimum absolute atomic E-state index is 0. The van der Waals surface area contributed by atoms with Gasteiger partial charge in [-0.2, -0.15) is 5.10 Å². The van der Waals surface area contributed by atoms with Crippen molar-refractivity contribution in [3.05, 3.63) is 47.3 Å². The van der Waals surface area contributed by atoms with Gasteiger partial charge in [0.1, 0.15) is 0 Å². The third kappa shape index (κ3) is 4.70. The number of anilines is 1. The van der Waals surface area contributed by atoms with Gasteiger partial charge in [-0.05, 0) is 54.9 Å². The number of guanidine groups is 1. The number of rotatable bonds is 4. The molecule has 0 unspecified atom stereocenters. The number of hydrogen-bond acceptors (Lipinski definition) is 2. The van der Waals surface area contributed by atoms with E-state index in [2.05, 4.69) is 33.6 Å². The van der Waals surface area contributed by atoms with Crippen LogP contribution in [0.5, 0.6) is 0 Å². The highest BCUT2D eigenvalue weighted by Gasteiger charge is 2.12. The molecule has 1 heterocycles. The molecule has 5 nitrogen and oxygen atoms in total. The van der Waals surface area contributed by atoms with Crippen LogP contribution in [0.4, 0.5) is 5.69 Å². The highest BCUT2D eigenvalue weighted by molar-refractivity contribution is 14.0. The topological polar surface area (TPSA) is 68.2 Å². The van der Waals surface area contributed by atoms with Gasteiger partial charge in [-0.3, -0.25) is 9.67 Å². The van der Waals surface area contributed by atoms with Gasteiger partial charge in [-0.25, -0.2) is 0 Å².